The van der Waals surface area contributed by atoms with Crippen LogP contribution in [0.15, 0.2) is 42.5 Å². The summed E-state index contributed by atoms with van der Waals surface area (Å²) in [6.07, 6.45) is 1.18. The van der Waals surface area contributed by atoms with Crippen LogP contribution in [-0.2, 0) is 13.2 Å². The first-order valence-electron chi connectivity index (χ1n) is 7.91. The van der Waals surface area contributed by atoms with Crippen molar-refractivity contribution in [2.75, 3.05) is 6.54 Å². The summed E-state index contributed by atoms with van der Waals surface area (Å²) in [5, 5.41) is 4.71. The van der Waals surface area contributed by atoms with Gasteiger partial charge in [-0.2, -0.15) is 0 Å². The van der Waals surface area contributed by atoms with Gasteiger partial charge < -0.3 is 10.1 Å². The average Bonchev–Trinajstić information content (AvgIpc) is 2.51. The van der Waals surface area contributed by atoms with Crippen molar-refractivity contribution in [1.29, 1.82) is 0 Å². The molecule has 0 saturated heterocycles. The molecule has 2 aromatic carbocycles. The minimum atomic E-state index is 0.364. The fraction of sp³-hybridized carbons (Fsp3) is 0.368. The summed E-state index contributed by atoms with van der Waals surface area (Å²) in [7, 11) is 0. The third kappa shape index (κ3) is 6.06. The lowest BCUT2D eigenvalue weighted by atomic mass is 10.1. The van der Waals surface area contributed by atoms with Crippen molar-refractivity contribution in [3.05, 3.63) is 63.6 Å². The predicted molar refractivity (Wildman–Crippen MR) is 98.4 cm³/mol. The van der Waals surface area contributed by atoms with Gasteiger partial charge in [0.2, 0.25) is 0 Å². The van der Waals surface area contributed by atoms with Gasteiger partial charge in [-0.25, -0.2) is 0 Å². The molecule has 0 atom stereocenters. The summed E-state index contributed by atoms with van der Waals surface area (Å²) >= 11 is 12.3. The van der Waals surface area contributed by atoms with Crippen LogP contribution in [-0.4, -0.2) is 6.54 Å². The highest BCUT2D eigenvalue weighted by Gasteiger charge is 2.06. The molecule has 0 amide bonds. The second-order valence-electron chi connectivity index (χ2n) is 6.00. The Morgan fingerprint density at radius 3 is 2.43 bits per heavy atom. The molecule has 0 radical (unpaired) electrons. The quantitative estimate of drug-likeness (QED) is 0.615. The van der Waals surface area contributed by atoms with Gasteiger partial charge in [0.05, 0.1) is 0 Å². The Kier molecular flexibility index (Phi) is 7.22. The van der Waals surface area contributed by atoms with E-state index in [4.69, 9.17) is 27.9 Å². The molecule has 0 aromatic heterocycles. The molecule has 1 N–H and O–H groups in total. The molecule has 0 saturated carbocycles. The van der Waals surface area contributed by atoms with Crippen LogP contribution in [0.4, 0.5) is 0 Å². The zero-order valence-electron chi connectivity index (χ0n) is 13.6. The van der Waals surface area contributed by atoms with E-state index in [-0.39, 0.29) is 0 Å². The minimum absolute atomic E-state index is 0.364. The first-order chi connectivity index (χ1) is 11.1. The highest BCUT2D eigenvalue weighted by Crippen LogP contribution is 2.26. The van der Waals surface area contributed by atoms with Crippen LogP contribution in [0.3, 0.4) is 0 Å². The van der Waals surface area contributed by atoms with Crippen molar-refractivity contribution in [2.24, 2.45) is 5.92 Å². The number of halogens is 2. The largest absolute Gasteiger partial charge is 0.489 e. The molecule has 0 aliphatic heterocycles. The van der Waals surface area contributed by atoms with Gasteiger partial charge >= 0.3 is 0 Å². The lowest BCUT2D eigenvalue weighted by Crippen LogP contribution is -2.16. The fourth-order valence-corrected chi connectivity index (χ4v) is 2.70. The molecule has 0 aliphatic rings. The highest BCUT2D eigenvalue weighted by atomic mass is 35.5. The van der Waals surface area contributed by atoms with Crippen molar-refractivity contribution < 1.29 is 4.74 Å². The summed E-state index contributed by atoms with van der Waals surface area (Å²) < 4.78 is 5.84. The normalized spacial score (nSPS) is 11.0. The van der Waals surface area contributed by atoms with Crippen molar-refractivity contribution in [3.63, 3.8) is 0 Å². The molecule has 0 unspecified atom stereocenters. The molecular weight excluding hydrogens is 329 g/mol. The number of benzene rings is 2. The summed E-state index contributed by atoms with van der Waals surface area (Å²) in [5.41, 5.74) is 2.02. The van der Waals surface area contributed by atoms with Gasteiger partial charge in [-0.15, -0.1) is 0 Å². The zero-order chi connectivity index (χ0) is 16.7. The zero-order valence-corrected chi connectivity index (χ0v) is 15.1. The average molecular weight is 352 g/mol. The third-order valence-corrected chi connectivity index (χ3v) is 4.28. The van der Waals surface area contributed by atoms with Crippen LogP contribution in [0, 0.1) is 5.92 Å². The van der Waals surface area contributed by atoms with E-state index in [1.807, 2.05) is 36.4 Å². The molecule has 0 aliphatic carbocycles. The van der Waals surface area contributed by atoms with E-state index in [1.54, 1.807) is 0 Å². The van der Waals surface area contributed by atoms with Gasteiger partial charge in [-0.3, -0.25) is 0 Å². The van der Waals surface area contributed by atoms with E-state index in [2.05, 4.69) is 25.2 Å². The number of rotatable bonds is 8. The van der Waals surface area contributed by atoms with Gasteiger partial charge in [0, 0.05) is 22.2 Å². The van der Waals surface area contributed by atoms with Crippen molar-refractivity contribution in [3.8, 4) is 5.75 Å². The van der Waals surface area contributed by atoms with Gasteiger partial charge in [0.25, 0.3) is 0 Å². The van der Waals surface area contributed by atoms with E-state index in [0.29, 0.717) is 16.7 Å². The molecule has 0 spiro atoms. The number of ether oxygens (including phenoxy) is 1. The molecule has 0 bridgehead atoms. The molecule has 4 heteroatoms. The van der Waals surface area contributed by atoms with Crippen LogP contribution in [0.5, 0.6) is 5.75 Å². The van der Waals surface area contributed by atoms with E-state index < -0.39 is 0 Å². The Morgan fingerprint density at radius 1 is 1.04 bits per heavy atom. The highest BCUT2D eigenvalue weighted by molar-refractivity contribution is 6.35. The number of hydrogen-bond donors (Lipinski definition) is 1. The number of nitrogens with one attached hydrogen (secondary N) is 1. The van der Waals surface area contributed by atoms with Crippen LogP contribution in [0.1, 0.15) is 31.4 Å². The second-order valence-corrected chi connectivity index (χ2v) is 6.81. The predicted octanol–water partition coefficient (Wildman–Crippen LogP) is 5.71. The standard InChI is InChI=1S/C19H23Cl2NO/c1-14(2)9-10-22-12-15-5-3-6-16(11-15)23-13-17-18(20)7-4-8-19(17)21/h3-8,11,14,22H,9-10,12-13H2,1-2H3. The summed E-state index contributed by atoms with van der Waals surface area (Å²) in [6.45, 7) is 6.70. The number of hydrogen-bond acceptors (Lipinski definition) is 2. The van der Waals surface area contributed by atoms with Crippen molar-refractivity contribution in [2.45, 2.75) is 33.4 Å². The first-order valence-corrected chi connectivity index (χ1v) is 8.67. The van der Waals surface area contributed by atoms with Gasteiger partial charge in [-0.1, -0.05) is 55.2 Å². The third-order valence-electron chi connectivity index (χ3n) is 3.57. The van der Waals surface area contributed by atoms with Gasteiger partial charge in [0.1, 0.15) is 12.4 Å². The lowest BCUT2D eigenvalue weighted by molar-refractivity contribution is 0.306. The molecular formula is C19H23Cl2NO. The van der Waals surface area contributed by atoms with Crippen LogP contribution >= 0.6 is 23.2 Å². The summed E-state index contributed by atoms with van der Waals surface area (Å²) in [5.74, 6) is 1.54. The summed E-state index contributed by atoms with van der Waals surface area (Å²) in [6, 6.07) is 13.6. The van der Waals surface area contributed by atoms with Gasteiger partial charge in [-0.05, 0) is 48.7 Å². The molecule has 2 aromatic rings. The Hall–Kier alpha value is -1.22. The molecule has 124 valence electrons. The lowest BCUT2D eigenvalue weighted by Gasteiger charge is -2.11. The second kappa shape index (κ2) is 9.17. The molecule has 0 heterocycles. The topological polar surface area (TPSA) is 21.3 Å². The Labute approximate surface area is 148 Å². The van der Waals surface area contributed by atoms with Crippen LogP contribution in [0.25, 0.3) is 0 Å². The SMILES string of the molecule is CC(C)CCNCc1cccc(OCc2c(Cl)cccc2Cl)c1. The summed E-state index contributed by atoms with van der Waals surface area (Å²) in [4.78, 5) is 0. The molecule has 2 rings (SSSR count). The van der Waals surface area contributed by atoms with E-state index in [9.17, 15) is 0 Å². The molecule has 0 fully saturated rings. The molecule has 2 nitrogen and oxygen atoms in total. The maximum Gasteiger partial charge on any atom is 0.120 e. The van der Waals surface area contributed by atoms with Gasteiger partial charge in [0.15, 0.2) is 0 Å². The monoisotopic (exact) mass is 351 g/mol. The van der Waals surface area contributed by atoms with E-state index in [0.717, 1.165) is 30.3 Å². The minimum Gasteiger partial charge on any atom is -0.489 e. The van der Waals surface area contributed by atoms with Crippen molar-refractivity contribution >= 4 is 23.2 Å². The molecule has 23 heavy (non-hydrogen) atoms. The van der Waals surface area contributed by atoms with E-state index >= 15 is 0 Å². The van der Waals surface area contributed by atoms with E-state index in [1.165, 1.54) is 12.0 Å². The Bertz CT molecular complexity index is 608. The van der Waals surface area contributed by atoms with Crippen LogP contribution in [0.2, 0.25) is 10.0 Å². The van der Waals surface area contributed by atoms with Crippen LogP contribution < -0.4 is 10.1 Å². The smallest absolute Gasteiger partial charge is 0.120 e. The maximum absolute atomic E-state index is 6.16. The first kappa shape index (κ1) is 18.1. The van der Waals surface area contributed by atoms with Crippen molar-refractivity contribution in [1.82, 2.24) is 5.32 Å². The fourth-order valence-electron chi connectivity index (χ4n) is 2.19. The maximum atomic E-state index is 6.16. The Balaban J connectivity index is 1.90. The Morgan fingerprint density at radius 2 is 1.74 bits per heavy atom.